The first-order valence-electron chi connectivity index (χ1n) is 8.82. The summed E-state index contributed by atoms with van der Waals surface area (Å²) < 4.78 is 7.44. The lowest BCUT2D eigenvalue weighted by atomic mass is 10.3. The summed E-state index contributed by atoms with van der Waals surface area (Å²) in [6.45, 7) is 3.28. The molecule has 7 nitrogen and oxygen atoms in total. The fourth-order valence-corrected chi connectivity index (χ4v) is 3.74. The van der Waals surface area contributed by atoms with Crippen molar-refractivity contribution < 1.29 is 4.74 Å². The maximum atomic E-state index is 5.34. The fraction of sp³-hybridized carbons (Fsp3) is 0.421. The van der Waals surface area contributed by atoms with E-state index in [0.29, 0.717) is 13.1 Å². The predicted octanol–water partition coefficient (Wildman–Crippen LogP) is 3.56. The Morgan fingerprint density at radius 3 is 2.79 bits per heavy atom. The standard InChI is InChI=1S/C19H26N6OS.HI/c1-13(26-5)18-22-14(12-27-18)11-24(3)19(20-2)21-10-17-23-15-8-6-7-9-16(15)25(17)4;/h6-9,12-13H,10-11H2,1-5H3,(H,20,21);1H. The van der Waals surface area contributed by atoms with Crippen molar-refractivity contribution in [1.29, 1.82) is 0 Å². The van der Waals surface area contributed by atoms with Crippen LogP contribution in [-0.2, 0) is 24.9 Å². The molecule has 0 radical (unpaired) electrons. The van der Waals surface area contributed by atoms with E-state index in [-0.39, 0.29) is 30.1 Å². The van der Waals surface area contributed by atoms with Crippen molar-refractivity contribution in [1.82, 2.24) is 24.8 Å². The minimum Gasteiger partial charge on any atom is -0.375 e. The van der Waals surface area contributed by atoms with E-state index in [1.165, 1.54) is 0 Å². The Kier molecular flexibility index (Phi) is 8.20. The Labute approximate surface area is 186 Å². The van der Waals surface area contributed by atoms with E-state index < -0.39 is 0 Å². The number of hydrogen-bond donors (Lipinski definition) is 1. The maximum Gasteiger partial charge on any atom is 0.194 e. The molecule has 0 saturated carbocycles. The number of ether oxygens (including phenoxy) is 1. The molecule has 0 saturated heterocycles. The summed E-state index contributed by atoms with van der Waals surface area (Å²) in [5.41, 5.74) is 3.13. The molecule has 0 spiro atoms. The van der Waals surface area contributed by atoms with Crippen molar-refractivity contribution >= 4 is 52.3 Å². The van der Waals surface area contributed by atoms with Crippen molar-refractivity contribution in [3.05, 3.63) is 46.2 Å². The third kappa shape index (κ3) is 5.00. The first-order chi connectivity index (χ1) is 13.0. The van der Waals surface area contributed by atoms with Crippen LogP contribution in [0.25, 0.3) is 11.0 Å². The van der Waals surface area contributed by atoms with Gasteiger partial charge in [0.1, 0.15) is 16.9 Å². The van der Waals surface area contributed by atoms with Gasteiger partial charge in [-0.25, -0.2) is 9.97 Å². The van der Waals surface area contributed by atoms with Crippen LogP contribution in [0.2, 0.25) is 0 Å². The van der Waals surface area contributed by atoms with Crippen molar-refractivity contribution in [2.45, 2.75) is 26.1 Å². The number of nitrogens with zero attached hydrogens (tertiary/aromatic N) is 5. The van der Waals surface area contributed by atoms with Gasteiger partial charge in [0.05, 0.1) is 29.8 Å². The number of hydrogen-bond acceptors (Lipinski definition) is 5. The van der Waals surface area contributed by atoms with E-state index in [9.17, 15) is 0 Å². The molecular weight excluding hydrogens is 487 g/mol. The SMILES string of the molecule is CN=C(NCc1nc2ccccc2n1C)N(C)Cc1csc(C(C)OC)n1.I. The Balaban J connectivity index is 0.00000280. The first-order valence-corrected chi connectivity index (χ1v) is 9.70. The van der Waals surface area contributed by atoms with Gasteiger partial charge >= 0.3 is 0 Å². The zero-order valence-electron chi connectivity index (χ0n) is 16.8. The smallest absolute Gasteiger partial charge is 0.194 e. The van der Waals surface area contributed by atoms with Gasteiger partial charge in [-0.2, -0.15) is 0 Å². The second-order valence-electron chi connectivity index (χ2n) is 6.39. The van der Waals surface area contributed by atoms with E-state index in [2.05, 4.69) is 36.2 Å². The molecule has 0 aliphatic carbocycles. The molecule has 0 aliphatic heterocycles. The zero-order valence-corrected chi connectivity index (χ0v) is 20.0. The highest BCUT2D eigenvalue weighted by atomic mass is 127. The molecule has 0 aliphatic rings. The highest BCUT2D eigenvalue weighted by molar-refractivity contribution is 14.0. The molecule has 152 valence electrons. The lowest BCUT2D eigenvalue weighted by Gasteiger charge is -2.21. The summed E-state index contributed by atoms with van der Waals surface area (Å²) in [5.74, 6) is 1.77. The number of guanidine groups is 1. The van der Waals surface area contributed by atoms with Crippen LogP contribution in [0.1, 0.15) is 29.6 Å². The third-order valence-electron chi connectivity index (χ3n) is 4.53. The Bertz CT molecular complexity index is 938. The summed E-state index contributed by atoms with van der Waals surface area (Å²) in [7, 11) is 7.52. The summed E-state index contributed by atoms with van der Waals surface area (Å²) in [6.07, 6.45) is 0.0176. The van der Waals surface area contributed by atoms with E-state index in [1.807, 2.05) is 39.2 Å². The van der Waals surface area contributed by atoms with Crippen LogP contribution in [0.4, 0.5) is 0 Å². The molecule has 3 aromatic rings. The highest BCUT2D eigenvalue weighted by Gasteiger charge is 2.14. The van der Waals surface area contributed by atoms with Gasteiger partial charge in [0, 0.05) is 33.6 Å². The van der Waals surface area contributed by atoms with Crippen molar-refractivity contribution in [3.63, 3.8) is 0 Å². The van der Waals surface area contributed by atoms with E-state index in [0.717, 1.165) is 33.5 Å². The largest absolute Gasteiger partial charge is 0.375 e. The number of halogens is 1. The van der Waals surface area contributed by atoms with Gasteiger partial charge in [0.25, 0.3) is 0 Å². The molecule has 9 heteroatoms. The van der Waals surface area contributed by atoms with Crippen molar-refractivity contribution in [2.24, 2.45) is 12.0 Å². The average molecular weight is 514 g/mol. The molecule has 1 N–H and O–H groups in total. The summed E-state index contributed by atoms with van der Waals surface area (Å²) in [6, 6.07) is 8.14. The van der Waals surface area contributed by atoms with Gasteiger partial charge in [-0.05, 0) is 19.1 Å². The van der Waals surface area contributed by atoms with E-state index in [1.54, 1.807) is 25.5 Å². The molecule has 2 aromatic heterocycles. The van der Waals surface area contributed by atoms with Gasteiger partial charge in [-0.3, -0.25) is 4.99 Å². The molecular formula is C19H27IN6OS. The minimum absolute atomic E-state index is 0. The van der Waals surface area contributed by atoms with Gasteiger partial charge in [-0.15, -0.1) is 35.3 Å². The first kappa shape index (κ1) is 22.6. The predicted molar refractivity (Wildman–Crippen MR) is 125 cm³/mol. The van der Waals surface area contributed by atoms with Crippen LogP contribution >= 0.6 is 35.3 Å². The van der Waals surface area contributed by atoms with Crippen LogP contribution in [0.3, 0.4) is 0 Å². The second-order valence-corrected chi connectivity index (χ2v) is 7.28. The minimum atomic E-state index is 0. The monoisotopic (exact) mass is 514 g/mol. The van der Waals surface area contributed by atoms with Crippen molar-refractivity contribution in [2.75, 3.05) is 21.2 Å². The number of para-hydroxylation sites is 2. The lowest BCUT2D eigenvalue weighted by molar-refractivity contribution is 0.119. The number of rotatable bonds is 6. The van der Waals surface area contributed by atoms with E-state index >= 15 is 0 Å². The van der Waals surface area contributed by atoms with Crippen LogP contribution in [0.5, 0.6) is 0 Å². The summed E-state index contributed by atoms with van der Waals surface area (Å²) >= 11 is 1.62. The third-order valence-corrected chi connectivity index (χ3v) is 5.58. The molecule has 2 heterocycles. The molecule has 1 atom stereocenters. The molecule has 0 amide bonds. The van der Waals surface area contributed by atoms with Gasteiger partial charge in [0.15, 0.2) is 5.96 Å². The Morgan fingerprint density at radius 2 is 2.11 bits per heavy atom. The van der Waals surface area contributed by atoms with Crippen LogP contribution in [0, 0.1) is 0 Å². The molecule has 3 rings (SSSR count). The number of aliphatic imine (C=N–C) groups is 1. The number of fused-ring (bicyclic) bond motifs is 1. The number of imidazole rings is 1. The van der Waals surface area contributed by atoms with Gasteiger partial charge in [0.2, 0.25) is 0 Å². The Hall–Kier alpha value is -1.72. The molecule has 28 heavy (non-hydrogen) atoms. The van der Waals surface area contributed by atoms with Crippen LogP contribution in [0.15, 0.2) is 34.6 Å². The van der Waals surface area contributed by atoms with E-state index in [4.69, 9.17) is 9.72 Å². The molecule has 0 bridgehead atoms. The van der Waals surface area contributed by atoms with Crippen molar-refractivity contribution in [3.8, 4) is 0 Å². The number of aromatic nitrogens is 3. The average Bonchev–Trinajstić information content (AvgIpc) is 3.27. The quantitative estimate of drug-likeness (QED) is 0.310. The fourth-order valence-electron chi connectivity index (χ4n) is 2.90. The zero-order chi connectivity index (χ0) is 19.4. The molecule has 1 aromatic carbocycles. The molecule has 1 unspecified atom stereocenters. The number of methoxy groups -OCH3 is 1. The summed E-state index contributed by atoms with van der Waals surface area (Å²) in [5, 5.41) is 6.45. The normalized spacial score (nSPS) is 12.7. The van der Waals surface area contributed by atoms with Crippen LogP contribution in [-0.4, -0.2) is 46.6 Å². The number of thiazole rings is 1. The molecule has 0 fully saturated rings. The number of nitrogens with one attached hydrogen (secondary N) is 1. The summed E-state index contributed by atoms with van der Waals surface area (Å²) in [4.78, 5) is 15.8. The Morgan fingerprint density at radius 1 is 1.36 bits per heavy atom. The van der Waals surface area contributed by atoms with Gasteiger partial charge in [-0.1, -0.05) is 12.1 Å². The number of benzene rings is 1. The second kappa shape index (κ2) is 10.2. The maximum absolute atomic E-state index is 5.34. The number of aryl methyl sites for hydroxylation is 1. The van der Waals surface area contributed by atoms with Gasteiger partial charge < -0.3 is 19.5 Å². The topological polar surface area (TPSA) is 67.6 Å². The van der Waals surface area contributed by atoms with Crippen LogP contribution < -0.4 is 5.32 Å². The highest BCUT2D eigenvalue weighted by Crippen LogP contribution is 2.21. The lowest BCUT2D eigenvalue weighted by Crippen LogP contribution is -2.38.